The van der Waals surface area contributed by atoms with Crippen molar-refractivity contribution in [1.82, 2.24) is 0 Å². The monoisotopic (exact) mass is 400 g/mol. The highest BCUT2D eigenvalue weighted by molar-refractivity contribution is 5.71. The molecule has 0 saturated heterocycles. The van der Waals surface area contributed by atoms with E-state index < -0.39 is 5.97 Å². The first-order valence-corrected chi connectivity index (χ1v) is 10.3. The van der Waals surface area contributed by atoms with Crippen LogP contribution in [0.25, 0.3) is 0 Å². The van der Waals surface area contributed by atoms with Crippen molar-refractivity contribution in [3.63, 3.8) is 0 Å². The molecule has 160 valence electrons. The summed E-state index contributed by atoms with van der Waals surface area (Å²) in [5.41, 5.74) is -0.211. The Balaban J connectivity index is 1.15. The van der Waals surface area contributed by atoms with Crippen molar-refractivity contribution in [2.45, 2.75) is 44.1 Å². The van der Waals surface area contributed by atoms with Crippen molar-refractivity contribution in [3.05, 3.63) is 0 Å². The van der Waals surface area contributed by atoms with Gasteiger partial charge in [-0.3, -0.25) is 0 Å². The average molecular weight is 400 g/mol. The molecule has 0 radical (unpaired) electrons. The van der Waals surface area contributed by atoms with Gasteiger partial charge in [-0.1, -0.05) is 0 Å². The molecule has 4 rings (SSSR count). The SMILES string of the molecule is O=C(O)COCCOCCOCCOCC(=O)OC12CC3CC(CC(C3)C1)C2. The van der Waals surface area contributed by atoms with Gasteiger partial charge in [0.25, 0.3) is 0 Å². The van der Waals surface area contributed by atoms with Gasteiger partial charge < -0.3 is 28.8 Å². The van der Waals surface area contributed by atoms with Crippen LogP contribution in [0.5, 0.6) is 0 Å². The lowest BCUT2D eigenvalue weighted by molar-refractivity contribution is -0.191. The maximum absolute atomic E-state index is 12.2. The number of hydrogen-bond acceptors (Lipinski definition) is 7. The van der Waals surface area contributed by atoms with Crippen molar-refractivity contribution in [3.8, 4) is 0 Å². The number of aliphatic carboxylic acids is 1. The fraction of sp³-hybridized carbons (Fsp3) is 0.900. The molecule has 28 heavy (non-hydrogen) atoms. The van der Waals surface area contributed by atoms with Gasteiger partial charge in [-0.2, -0.15) is 0 Å². The van der Waals surface area contributed by atoms with E-state index in [1.165, 1.54) is 19.3 Å². The minimum Gasteiger partial charge on any atom is -0.480 e. The van der Waals surface area contributed by atoms with Crippen LogP contribution in [0.1, 0.15) is 38.5 Å². The maximum Gasteiger partial charge on any atom is 0.332 e. The minimum absolute atomic E-state index is 0.0253. The molecule has 4 aliphatic rings. The van der Waals surface area contributed by atoms with Crippen LogP contribution in [0.3, 0.4) is 0 Å². The zero-order chi connectivity index (χ0) is 19.8. The Morgan fingerprint density at radius 2 is 1.14 bits per heavy atom. The number of ether oxygens (including phenoxy) is 5. The molecule has 0 aliphatic heterocycles. The molecule has 0 aromatic rings. The van der Waals surface area contributed by atoms with Gasteiger partial charge in [-0.15, -0.1) is 0 Å². The summed E-state index contributed by atoms with van der Waals surface area (Å²) in [5.74, 6) is 0.995. The number of esters is 1. The molecule has 4 bridgehead atoms. The van der Waals surface area contributed by atoms with Crippen molar-refractivity contribution in [2.24, 2.45) is 17.8 Å². The molecule has 0 aromatic heterocycles. The first-order valence-electron chi connectivity index (χ1n) is 10.3. The van der Waals surface area contributed by atoms with E-state index in [1.807, 2.05) is 0 Å². The number of rotatable bonds is 14. The summed E-state index contributed by atoms with van der Waals surface area (Å²) in [6.07, 6.45) is 7.08. The first kappa shape index (κ1) is 21.5. The number of carbonyl (C=O) groups is 2. The smallest absolute Gasteiger partial charge is 0.332 e. The van der Waals surface area contributed by atoms with Gasteiger partial charge in [0.15, 0.2) is 0 Å². The summed E-state index contributed by atoms with van der Waals surface area (Å²) in [6, 6.07) is 0. The van der Waals surface area contributed by atoms with Gasteiger partial charge in [-0.25, -0.2) is 9.59 Å². The summed E-state index contributed by atoms with van der Waals surface area (Å²) in [4.78, 5) is 22.4. The molecule has 4 fully saturated rings. The molecule has 0 amide bonds. The van der Waals surface area contributed by atoms with Crippen molar-refractivity contribution in [2.75, 3.05) is 52.9 Å². The largest absolute Gasteiger partial charge is 0.480 e. The Morgan fingerprint density at radius 3 is 1.61 bits per heavy atom. The molecule has 0 spiro atoms. The summed E-state index contributed by atoms with van der Waals surface area (Å²) in [7, 11) is 0. The van der Waals surface area contributed by atoms with Gasteiger partial charge >= 0.3 is 11.9 Å². The first-order chi connectivity index (χ1) is 13.5. The second-order valence-electron chi connectivity index (χ2n) is 8.30. The second-order valence-corrected chi connectivity index (χ2v) is 8.30. The van der Waals surface area contributed by atoms with Crippen LogP contribution in [0.15, 0.2) is 0 Å². The van der Waals surface area contributed by atoms with E-state index in [0.717, 1.165) is 37.0 Å². The van der Waals surface area contributed by atoms with Gasteiger partial charge in [0.1, 0.15) is 18.8 Å². The van der Waals surface area contributed by atoms with Crippen LogP contribution < -0.4 is 0 Å². The van der Waals surface area contributed by atoms with E-state index in [-0.39, 0.29) is 31.4 Å². The summed E-state index contributed by atoms with van der Waals surface area (Å²) in [6.45, 7) is 1.72. The number of carbonyl (C=O) groups excluding carboxylic acids is 1. The minimum atomic E-state index is -0.995. The van der Waals surface area contributed by atoms with E-state index in [1.54, 1.807) is 0 Å². The lowest BCUT2D eigenvalue weighted by atomic mass is 9.54. The van der Waals surface area contributed by atoms with Crippen molar-refractivity contribution in [1.29, 1.82) is 0 Å². The van der Waals surface area contributed by atoms with E-state index in [4.69, 9.17) is 28.8 Å². The van der Waals surface area contributed by atoms with Gasteiger partial charge in [0.2, 0.25) is 0 Å². The topological polar surface area (TPSA) is 101 Å². The predicted octanol–water partition coefficient (Wildman–Crippen LogP) is 1.65. The van der Waals surface area contributed by atoms with Crippen LogP contribution in [0, 0.1) is 17.8 Å². The van der Waals surface area contributed by atoms with Crippen LogP contribution in [0.2, 0.25) is 0 Å². The van der Waals surface area contributed by atoms with E-state index >= 15 is 0 Å². The molecule has 8 heteroatoms. The molecular weight excluding hydrogens is 368 g/mol. The molecule has 8 nitrogen and oxygen atoms in total. The third-order valence-corrected chi connectivity index (χ3v) is 5.87. The highest BCUT2D eigenvalue weighted by Crippen LogP contribution is 2.57. The standard InChI is InChI=1S/C20H32O8/c21-18(22)13-26-5-3-24-1-2-25-4-6-27-14-19(23)28-20-10-15-7-16(11-20)9-17(8-15)12-20/h15-17H,1-14H2,(H,21,22). The highest BCUT2D eigenvalue weighted by atomic mass is 16.6. The highest BCUT2D eigenvalue weighted by Gasteiger charge is 2.53. The molecule has 4 aliphatic carbocycles. The van der Waals surface area contributed by atoms with Gasteiger partial charge in [0.05, 0.1) is 39.6 Å². The van der Waals surface area contributed by atoms with Crippen LogP contribution in [0.4, 0.5) is 0 Å². The zero-order valence-electron chi connectivity index (χ0n) is 16.4. The fourth-order valence-corrected chi connectivity index (χ4v) is 5.30. The zero-order valence-corrected chi connectivity index (χ0v) is 16.4. The molecule has 0 unspecified atom stereocenters. The quantitative estimate of drug-likeness (QED) is 0.347. The molecule has 4 saturated carbocycles. The molecule has 1 N–H and O–H groups in total. The Bertz CT molecular complexity index is 485. The van der Waals surface area contributed by atoms with E-state index in [0.29, 0.717) is 33.0 Å². The summed E-state index contributed by atoms with van der Waals surface area (Å²) < 4.78 is 26.7. The van der Waals surface area contributed by atoms with Crippen molar-refractivity contribution < 1.29 is 38.4 Å². The fourth-order valence-electron chi connectivity index (χ4n) is 5.30. The Labute approximate surface area is 165 Å². The van der Waals surface area contributed by atoms with E-state index in [9.17, 15) is 9.59 Å². The van der Waals surface area contributed by atoms with Crippen LogP contribution in [-0.4, -0.2) is 75.5 Å². The third-order valence-electron chi connectivity index (χ3n) is 5.87. The average Bonchev–Trinajstić information content (AvgIpc) is 2.60. The predicted molar refractivity (Wildman–Crippen MR) is 97.9 cm³/mol. The molecule has 0 heterocycles. The lowest BCUT2D eigenvalue weighted by Gasteiger charge is -2.55. The Morgan fingerprint density at radius 1 is 0.714 bits per heavy atom. The summed E-state index contributed by atoms with van der Waals surface area (Å²) >= 11 is 0. The van der Waals surface area contributed by atoms with Crippen molar-refractivity contribution >= 4 is 11.9 Å². The normalized spacial score (nSPS) is 30.5. The van der Waals surface area contributed by atoms with Crippen LogP contribution in [-0.2, 0) is 33.3 Å². The Kier molecular flexibility index (Phi) is 8.08. The molecule has 0 atom stereocenters. The third kappa shape index (κ3) is 6.69. The van der Waals surface area contributed by atoms with E-state index in [2.05, 4.69) is 0 Å². The number of hydrogen-bond donors (Lipinski definition) is 1. The van der Waals surface area contributed by atoms with Gasteiger partial charge in [0, 0.05) is 0 Å². The second kappa shape index (κ2) is 10.5. The maximum atomic E-state index is 12.2. The number of carboxylic acid groups (broad SMARTS) is 1. The Hall–Kier alpha value is -1.22. The number of carboxylic acids is 1. The van der Waals surface area contributed by atoms with Gasteiger partial charge in [-0.05, 0) is 56.3 Å². The molecular formula is C20H32O8. The lowest BCUT2D eigenvalue weighted by Crippen LogP contribution is -2.53. The summed E-state index contributed by atoms with van der Waals surface area (Å²) in [5, 5.41) is 8.40. The molecule has 0 aromatic carbocycles. The van der Waals surface area contributed by atoms with Crippen LogP contribution >= 0.6 is 0 Å².